The van der Waals surface area contributed by atoms with E-state index < -0.39 is 11.7 Å². The fourth-order valence-corrected chi connectivity index (χ4v) is 2.93. The van der Waals surface area contributed by atoms with Crippen molar-refractivity contribution in [2.75, 3.05) is 13.9 Å². The number of aliphatic hydroxyl groups is 1. The number of pyridine rings is 1. The molecular formula is C16H17NO5. The summed E-state index contributed by atoms with van der Waals surface area (Å²) >= 11 is 0. The molecule has 3 heterocycles. The molecule has 2 aromatic rings. The summed E-state index contributed by atoms with van der Waals surface area (Å²) in [5, 5.41) is 11.1. The quantitative estimate of drug-likeness (QED) is 0.869. The largest absolute Gasteiger partial charge is 0.496 e. The molecule has 0 spiro atoms. The third-order valence-corrected chi connectivity index (χ3v) is 4.27. The lowest BCUT2D eigenvalue weighted by Crippen LogP contribution is -2.46. The molecule has 1 unspecified atom stereocenters. The molecule has 0 saturated heterocycles. The third kappa shape index (κ3) is 1.73. The molecule has 0 aliphatic carbocycles. The zero-order chi connectivity index (χ0) is 15.5. The van der Waals surface area contributed by atoms with Crippen molar-refractivity contribution in [1.82, 2.24) is 4.98 Å². The van der Waals surface area contributed by atoms with Crippen LogP contribution in [0.25, 0.3) is 10.9 Å². The van der Waals surface area contributed by atoms with Gasteiger partial charge in [-0.2, -0.15) is 0 Å². The molecule has 4 rings (SSSR count). The van der Waals surface area contributed by atoms with Gasteiger partial charge in [-0.3, -0.25) is 0 Å². The fraction of sp³-hybridized carbons (Fsp3) is 0.438. The molecule has 2 aliphatic rings. The van der Waals surface area contributed by atoms with E-state index in [1.807, 2.05) is 26.0 Å². The Bertz CT molecular complexity index is 771. The number of benzene rings is 1. The van der Waals surface area contributed by atoms with Crippen molar-refractivity contribution in [3.8, 4) is 23.1 Å². The van der Waals surface area contributed by atoms with Crippen LogP contribution in [-0.2, 0) is 6.42 Å². The minimum atomic E-state index is -0.700. The SMILES string of the molecule is COc1c2c(nc3c4c(ccc13)OCO4)OC(C)(C)C(O)C2. The van der Waals surface area contributed by atoms with E-state index in [9.17, 15) is 5.11 Å². The van der Waals surface area contributed by atoms with Gasteiger partial charge >= 0.3 is 0 Å². The number of fused-ring (bicyclic) bond motifs is 4. The van der Waals surface area contributed by atoms with Gasteiger partial charge in [-0.1, -0.05) is 0 Å². The van der Waals surface area contributed by atoms with Crippen LogP contribution in [0.3, 0.4) is 0 Å². The Kier molecular flexibility index (Phi) is 2.69. The number of ether oxygens (including phenoxy) is 4. The van der Waals surface area contributed by atoms with Crippen molar-refractivity contribution in [2.45, 2.75) is 32.0 Å². The Labute approximate surface area is 127 Å². The minimum absolute atomic E-state index is 0.181. The maximum absolute atomic E-state index is 10.3. The molecule has 1 aromatic heterocycles. The highest BCUT2D eigenvalue weighted by Gasteiger charge is 2.39. The second-order valence-electron chi connectivity index (χ2n) is 6.05. The predicted molar refractivity (Wildman–Crippen MR) is 78.8 cm³/mol. The van der Waals surface area contributed by atoms with Gasteiger partial charge in [0.1, 0.15) is 16.9 Å². The number of aromatic nitrogens is 1. The predicted octanol–water partition coefficient (Wildman–Crippen LogP) is 2.05. The minimum Gasteiger partial charge on any atom is -0.496 e. The Morgan fingerprint density at radius 2 is 2.14 bits per heavy atom. The maximum Gasteiger partial charge on any atom is 0.231 e. The number of hydrogen-bond donors (Lipinski definition) is 1. The zero-order valence-corrected chi connectivity index (χ0v) is 12.7. The van der Waals surface area contributed by atoms with Crippen LogP contribution >= 0.6 is 0 Å². The van der Waals surface area contributed by atoms with Gasteiger partial charge in [-0.05, 0) is 26.0 Å². The first-order valence-electron chi connectivity index (χ1n) is 7.17. The van der Waals surface area contributed by atoms with Crippen molar-refractivity contribution in [3.05, 3.63) is 17.7 Å². The van der Waals surface area contributed by atoms with E-state index in [4.69, 9.17) is 18.9 Å². The van der Waals surface area contributed by atoms with Crippen molar-refractivity contribution in [3.63, 3.8) is 0 Å². The van der Waals surface area contributed by atoms with Gasteiger partial charge in [0.15, 0.2) is 11.5 Å². The molecule has 0 amide bonds. The maximum atomic E-state index is 10.3. The lowest BCUT2D eigenvalue weighted by atomic mass is 9.91. The average molecular weight is 303 g/mol. The molecule has 1 atom stereocenters. The summed E-state index contributed by atoms with van der Waals surface area (Å²) in [6.07, 6.45) is -0.190. The first-order chi connectivity index (χ1) is 10.5. The normalized spacial score (nSPS) is 21.4. The summed E-state index contributed by atoms with van der Waals surface area (Å²) in [4.78, 5) is 4.61. The zero-order valence-electron chi connectivity index (χ0n) is 12.7. The summed E-state index contributed by atoms with van der Waals surface area (Å²) in [6.45, 7) is 3.86. The molecular weight excluding hydrogens is 286 g/mol. The van der Waals surface area contributed by atoms with Crippen LogP contribution in [-0.4, -0.2) is 35.7 Å². The number of aliphatic hydroxyl groups excluding tert-OH is 1. The summed E-state index contributed by atoms with van der Waals surface area (Å²) in [7, 11) is 1.60. The molecule has 0 saturated carbocycles. The van der Waals surface area contributed by atoms with Gasteiger partial charge in [0.25, 0.3) is 0 Å². The Balaban J connectivity index is 2.01. The van der Waals surface area contributed by atoms with Gasteiger partial charge in [0, 0.05) is 11.8 Å². The van der Waals surface area contributed by atoms with E-state index in [0.717, 1.165) is 10.9 Å². The summed E-state index contributed by atoms with van der Waals surface area (Å²) < 4.78 is 22.4. The van der Waals surface area contributed by atoms with Gasteiger partial charge < -0.3 is 24.1 Å². The van der Waals surface area contributed by atoms with E-state index in [2.05, 4.69) is 4.98 Å². The molecule has 1 aromatic carbocycles. The highest BCUT2D eigenvalue weighted by molar-refractivity contribution is 5.94. The summed E-state index contributed by atoms with van der Waals surface area (Å²) in [5.74, 6) is 2.40. The van der Waals surface area contributed by atoms with E-state index in [1.54, 1.807) is 7.11 Å². The second kappa shape index (κ2) is 4.39. The van der Waals surface area contributed by atoms with E-state index in [-0.39, 0.29) is 6.79 Å². The Morgan fingerprint density at radius 3 is 2.91 bits per heavy atom. The standard InChI is InChI=1S/C16H17NO5/c1-16(2)11(18)6-9-13(19-3)8-4-5-10-14(21-7-20-10)12(8)17-15(9)22-16/h4-5,11,18H,6-7H2,1-3H3. The lowest BCUT2D eigenvalue weighted by molar-refractivity contribution is -0.0445. The van der Waals surface area contributed by atoms with Crippen molar-refractivity contribution in [1.29, 1.82) is 0 Å². The fourth-order valence-electron chi connectivity index (χ4n) is 2.93. The number of rotatable bonds is 1. The third-order valence-electron chi connectivity index (χ3n) is 4.27. The number of methoxy groups -OCH3 is 1. The molecule has 2 aliphatic heterocycles. The van der Waals surface area contributed by atoms with Crippen molar-refractivity contribution in [2.24, 2.45) is 0 Å². The molecule has 0 radical (unpaired) electrons. The van der Waals surface area contributed by atoms with Gasteiger partial charge in [0.2, 0.25) is 12.7 Å². The van der Waals surface area contributed by atoms with Crippen LogP contribution in [0.1, 0.15) is 19.4 Å². The Hall–Kier alpha value is -2.21. The first-order valence-corrected chi connectivity index (χ1v) is 7.17. The van der Waals surface area contributed by atoms with Crippen LogP contribution in [0.4, 0.5) is 0 Å². The molecule has 22 heavy (non-hydrogen) atoms. The van der Waals surface area contributed by atoms with Crippen LogP contribution < -0.4 is 18.9 Å². The van der Waals surface area contributed by atoms with Crippen LogP contribution in [0.5, 0.6) is 23.1 Å². The van der Waals surface area contributed by atoms with Gasteiger partial charge in [-0.25, -0.2) is 4.98 Å². The number of nitrogens with zero attached hydrogens (tertiary/aromatic N) is 1. The smallest absolute Gasteiger partial charge is 0.231 e. The molecule has 6 nitrogen and oxygen atoms in total. The van der Waals surface area contributed by atoms with Crippen LogP contribution in [0.2, 0.25) is 0 Å². The summed E-state index contributed by atoms with van der Waals surface area (Å²) in [5.41, 5.74) is 0.729. The molecule has 0 fully saturated rings. The Morgan fingerprint density at radius 1 is 1.32 bits per heavy atom. The second-order valence-corrected chi connectivity index (χ2v) is 6.05. The highest BCUT2D eigenvalue weighted by atomic mass is 16.7. The van der Waals surface area contributed by atoms with Gasteiger partial charge in [-0.15, -0.1) is 0 Å². The summed E-state index contributed by atoms with van der Waals surface area (Å²) in [6, 6.07) is 3.73. The highest BCUT2D eigenvalue weighted by Crippen LogP contribution is 2.46. The molecule has 0 bridgehead atoms. The topological polar surface area (TPSA) is 70.0 Å². The molecule has 1 N–H and O–H groups in total. The van der Waals surface area contributed by atoms with Gasteiger partial charge in [0.05, 0.1) is 18.8 Å². The van der Waals surface area contributed by atoms with Crippen LogP contribution in [0, 0.1) is 0 Å². The average Bonchev–Trinajstić information content (AvgIpc) is 2.95. The molecule has 116 valence electrons. The van der Waals surface area contributed by atoms with Crippen molar-refractivity contribution < 1.29 is 24.1 Å². The molecule has 6 heteroatoms. The van der Waals surface area contributed by atoms with E-state index in [1.165, 1.54) is 0 Å². The lowest BCUT2D eigenvalue weighted by Gasteiger charge is -2.36. The first kappa shape index (κ1) is 13.5. The number of hydrogen-bond acceptors (Lipinski definition) is 6. The van der Waals surface area contributed by atoms with Crippen molar-refractivity contribution >= 4 is 10.9 Å². The van der Waals surface area contributed by atoms with E-state index >= 15 is 0 Å². The van der Waals surface area contributed by atoms with E-state index in [0.29, 0.717) is 35.1 Å². The van der Waals surface area contributed by atoms with Crippen LogP contribution in [0.15, 0.2) is 12.1 Å². The monoisotopic (exact) mass is 303 g/mol.